The fourth-order valence-electron chi connectivity index (χ4n) is 1.34. The maximum Gasteiger partial charge on any atom is 0.373 e. The Kier molecular flexibility index (Phi) is 8.42. The quantitative estimate of drug-likeness (QED) is 0.374. The molecule has 0 atom stereocenters. The summed E-state index contributed by atoms with van der Waals surface area (Å²) in [7, 11) is 0. The Morgan fingerprint density at radius 1 is 1.10 bits per heavy atom. The fraction of sp³-hybridized carbons (Fsp3) is 0.467. The molecule has 0 spiro atoms. The van der Waals surface area contributed by atoms with E-state index in [4.69, 9.17) is 9.47 Å². The van der Waals surface area contributed by atoms with Gasteiger partial charge in [0.1, 0.15) is 5.75 Å². The van der Waals surface area contributed by atoms with Gasteiger partial charge in [0.25, 0.3) is 0 Å². The van der Waals surface area contributed by atoms with Gasteiger partial charge in [-0.2, -0.15) is 4.89 Å². The predicted octanol–water partition coefficient (Wildman–Crippen LogP) is 3.15. The van der Waals surface area contributed by atoms with Crippen molar-refractivity contribution in [3.8, 4) is 5.75 Å². The van der Waals surface area contributed by atoms with E-state index in [-0.39, 0.29) is 6.61 Å². The lowest BCUT2D eigenvalue weighted by molar-refractivity contribution is -0.218. The van der Waals surface area contributed by atoms with Crippen LogP contribution in [0.4, 0.5) is 0 Å². The molecule has 0 amide bonds. The summed E-state index contributed by atoms with van der Waals surface area (Å²) in [5.41, 5.74) is 0.400. The van der Waals surface area contributed by atoms with Crippen molar-refractivity contribution in [3.05, 3.63) is 36.4 Å². The van der Waals surface area contributed by atoms with Crippen LogP contribution in [-0.4, -0.2) is 25.8 Å². The van der Waals surface area contributed by atoms with Crippen LogP contribution in [0.1, 0.15) is 37.0 Å². The van der Waals surface area contributed by atoms with E-state index >= 15 is 0 Å². The lowest BCUT2D eigenvalue weighted by Gasteiger charge is -2.06. The normalized spacial score (nSPS) is 10.3. The van der Waals surface area contributed by atoms with Crippen LogP contribution in [0.25, 0.3) is 0 Å². The fourth-order valence-corrected chi connectivity index (χ4v) is 1.34. The third-order valence-corrected chi connectivity index (χ3v) is 2.29. The van der Waals surface area contributed by atoms with E-state index in [1.165, 1.54) is 6.61 Å². The van der Waals surface area contributed by atoms with E-state index < -0.39 is 5.97 Å². The standard InChI is InChI=1S/C15H21O5/c1-3-9-17-11-12-19-20-15(16)13-5-7-14(8-6-13)18-10-4-2/h5-8,12H,3-4,9-11H2,1-2H3. The van der Waals surface area contributed by atoms with Crippen LogP contribution in [0.2, 0.25) is 0 Å². The Morgan fingerprint density at radius 2 is 1.80 bits per heavy atom. The van der Waals surface area contributed by atoms with Crippen LogP contribution in [0.15, 0.2) is 24.3 Å². The number of benzene rings is 1. The molecule has 0 aliphatic heterocycles. The maximum atomic E-state index is 11.6. The lowest BCUT2D eigenvalue weighted by Crippen LogP contribution is -2.07. The largest absolute Gasteiger partial charge is 0.494 e. The first kappa shape index (κ1) is 16.5. The molecule has 0 fully saturated rings. The summed E-state index contributed by atoms with van der Waals surface area (Å²) in [6.45, 7) is 6.92. The van der Waals surface area contributed by atoms with Crippen molar-refractivity contribution in [1.29, 1.82) is 0 Å². The number of rotatable bonds is 10. The van der Waals surface area contributed by atoms with Crippen molar-refractivity contribution in [3.63, 3.8) is 0 Å². The Bertz CT molecular complexity index is 374. The van der Waals surface area contributed by atoms with Crippen LogP contribution in [0, 0.1) is 6.61 Å². The predicted molar refractivity (Wildman–Crippen MR) is 74.1 cm³/mol. The second-order valence-electron chi connectivity index (χ2n) is 4.08. The summed E-state index contributed by atoms with van der Waals surface area (Å²) in [5.74, 6) is 0.169. The minimum absolute atomic E-state index is 0.283. The van der Waals surface area contributed by atoms with Crippen LogP contribution in [-0.2, 0) is 14.5 Å². The van der Waals surface area contributed by atoms with E-state index in [0.29, 0.717) is 18.8 Å². The molecule has 1 aromatic carbocycles. The van der Waals surface area contributed by atoms with Crippen molar-refractivity contribution in [1.82, 2.24) is 0 Å². The summed E-state index contributed by atoms with van der Waals surface area (Å²) in [6, 6.07) is 6.70. The first-order valence-corrected chi connectivity index (χ1v) is 6.77. The Morgan fingerprint density at radius 3 is 2.45 bits per heavy atom. The van der Waals surface area contributed by atoms with E-state index in [2.05, 4.69) is 9.78 Å². The second-order valence-corrected chi connectivity index (χ2v) is 4.08. The smallest absolute Gasteiger partial charge is 0.373 e. The van der Waals surface area contributed by atoms with Crippen molar-refractivity contribution < 1.29 is 24.0 Å². The molecular formula is C15H21O5. The van der Waals surface area contributed by atoms with Gasteiger partial charge < -0.3 is 9.47 Å². The molecule has 0 N–H and O–H groups in total. The number of carbonyl (C=O) groups is 1. The van der Waals surface area contributed by atoms with E-state index in [1.54, 1.807) is 24.3 Å². The molecule has 20 heavy (non-hydrogen) atoms. The second kappa shape index (κ2) is 10.2. The molecule has 0 aliphatic rings. The number of ether oxygens (including phenoxy) is 2. The van der Waals surface area contributed by atoms with Gasteiger partial charge in [-0.1, -0.05) is 13.8 Å². The van der Waals surface area contributed by atoms with E-state index in [9.17, 15) is 4.79 Å². The Hall–Kier alpha value is -1.59. The molecule has 0 aliphatic carbocycles. The van der Waals surface area contributed by atoms with Crippen LogP contribution in [0.5, 0.6) is 5.75 Å². The molecule has 0 saturated carbocycles. The van der Waals surface area contributed by atoms with Crippen LogP contribution < -0.4 is 4.74 Å². The minimum atomic E-state index is -0.557. The molecule has 1 aromatic rings. The first-order chi connectivity index (χ1) is 9.77. The monoisotopic (exact) mass is 281 g/mol. The van der Waals surface area contributed by atoms with E-state index in [0.717, 1.165) is 18.6 Å². The average molecular weight is 281 g/mol. The molecular weight excluding hydrogens is 260 g/mol. The van der Waals surface area contributed by atoms with Gasteiger partial charge in [0.15, 0.2) is 6.61 Å². The maximum absolute atomic E-state index is 11.6. The highest BCUT2D eigenvalue weighted by Gasteiger charge is 2.08. The van der Waals surface area contributed by atoms with Gasteiger partial charge in [0.05, 0.1) is 18.8 Å². The summed E-state index contributed by atoms with van der Waals surface area (Å²) in [6.07, 6.45) is 1.87. The van der Waals surface area contributed by atoms with Gasteiger partial charge in [0.2, 0.25) is 0 Å². The van der Waals surface area contributed by atoms with Crippen molar-refractivity contribution >= 4 is 5.97 Å². The summed E-state index contributed by atoms with van der Waals surface area (Å²) < 4.78 is 10.6. The lowest BCUT2D eigenvalue weighted by atomic mass is 10.2. The SMILES string of the molecule is CCCOC[CH]OOC(=O)c1ccc(OCCC)cc1. The van der Waals surface area contributed by atoms with Gasteiger partial charge in [0, 0.05) is 6.61 Å². The molecule has 0 unspecified atom stereocenters. The Balaban J connectivity index is 2.25. The molecule has 0 bridgehead atoms. The number of hydrogen-bond acceptors (Lipinski definition) is 5. The zero-order chi connectivity index (χ0) is 14.6. The van der Waals surface area contributed by atoms with Crippen molar-refractivity contribution in [2.75, 3.05) is 19.8 Å². The molecule has 1 rings (SSSR count). The summed E-state index contributed by atoms with van der Waals surface area (Å²) in [4.78, 5) is 20.9. The minimum Gasteiger partial charge on any atom is -0.494 e. The summed E-state index contributed by atoms with van der Waals surface area (Å²) in [5, 5.41) is 0. The van der Waals surface area contributed by atoms with Gasteiger partial charge in [-0.25, -0.2) is 4.79 Å². The van der Waals surface area contributed by atoms with Crippen LogP contribution >= 0.6 is 0 Å². The topological polar surface area (TPSA) is 54.0 Å². The van der Waals surface area contributed by atoms with Crippen LogP contribution in [0.3, 0.4) is 0 Å². The molecule has 0 saturated heterocycles. The zero-order valence-corrected chi connectivity index (χ0v) is 12.0. The molecule has 0 heterocycles. The molecule has 0 aromatic heterocycles. The third-order valence-electron chi connectivity index (χ3n) is 2.29. The van der Waals surface area contributed by atoms with Gasteiger partial charge >= 0.3 is 5.97 Å². The van der Waals surface area contributed by atoms with Gasteiger partial charge in [-0.15, -0.1) is 0 Å². The first-order valence-electron chi connectivity index (χ1n) is 6.77. The van der Waals surface area contributed by atoms with Gasteiger partial charge in [-0.05, 0) is 37.1 Å². The van der Waals surface area contributed by atoms with E-state index in [1.807, 2.05) is 13.8 Å². The van der Waals surface area contributed by atoms with Gasteiger partial charge in [-0.3, -0.25) is 4.89 Å². The highest BCUT2D eigenvalue weighted by atomic mass is 17.2. The number of carbonyl (C=O) groups excluding carboxylic acids is 1. The Labute approximate surface area is 119 Å². The summed E-state index contributed by atoms with van der Waals surface area (Å²) >= 11 is 0. The number of hydrogen-bond donors (Lipinski definition) is 0. The molecule has 5 heteroatoms. The molecule has 111 valence electrons. The molecule has 5 nitrogen and oxygen atoms in total. The zero-order valence-electron chi connectivity index (χ0n) is 12.0. The van der Waals surface area contributed by atoms with Crippen molar-refractivity contribution in [2.45, 2.75) is 26.7 Å². The highest BCUT2D eigenvalue weighted by Crippen LogP contribution is 2.13. The molecule has 1 radical (unpaired) electrons. The average Bonchev–Trinajstić information content (AvgIpc) is 2.49. The third kappa shape index (κ3) is 6.54. The van der Waals surface area contributed by atoms with Crippen molar-refractivity contribution in [2.24, 2.45) is 0 Å². The highest BCUT2D eigenvalue weighted by molar-refractivity contribution is 5.89.